The van der Waals surface area contributed by atoms with Crippen LogP contribution in [0.15, 0.2) is 12.2 Å². The zero-order valence-corrected chi connectivity index (χ0v) is 8.84. The third-order valence-electron chi connectivity index (χ3n) is 2.02. The molecule has 3 heteroatoms. The molecule has 0 N–H and O–H groups in total. The van der Waals surface area contributed by atoms with E-state index in [4.69, 9.17) is 4.74 Å². The topological polar surface area (TPSA) is 26.3 Å². The van der Waals surface area contributed by atoms with Crippen molar-refractivity contribution in [1.29, 1.82) is 0 Å². The second-order valence-electron chi connectivity index (χ2n) is 3.10. The lowest BCUT2D eigenvalue weighted by atomic mass is 9.98. The molecule has 0 aromatic carbocycles. The Balaban J connectivity index is 2.79. The number of esters is 1. The van der Waals surface area contributed by atoms with Crippen LogP contribution in [0.3, 0.4) is 0 Å². The van der Waals surface area contributed by atoms with Gasteiger partial charge in [0.2, 0.25) is 0 Å². The molecule has 0 radical (unpaired) electrons. The predicted octanol–water partition coefficient (Wildman–Crippen LogP) is 2.07. The zero-order chi connectivity index (χ0) is 8.65. The maximum Gasteiger partial charge on any atom is 0.334 e. The van der Waals surface area contributed by atoms with E-state index in [2.05, 4.69) is 29.2 Å². The second kappa shape index (κ2) is 2.77. The van der Waals surface area contributed by atoms with Crippen LogP contribution in [-0.2, 0) is 9.53 Å². The van der Waals surface area contributed by atoms with Gasteiger partial charge >= 0.3 is 5.97 Å². The molecule has 1 aliphatic rings. The number of cyclic esters (lactones) is 1. The molecule has 0 amide bonds. The molecular formula is C8H11IO2. The molecule has 2 atom stereocenters. The molecule has 62 valence electrons. The van der Waals surface area contributed by atoms with Gasteiger partial charge in [0.15, 0.2) is 0 Å². The monoisotopic (exact) mass is 266 g/mol. The van der Waals surface area contributed by atoms with Crippen LogP contribution >= 0.6 is 22.6 Å². The summed E-state index contributed by atoms with van der Waals surface area (Å²) >= 11 is 2.26. The molecule has 1 saturated heterocycles. The van der Waals surface area contributed by atoms with Crippen molar-refractivity contribution in [3.05, 3.63) is 12.2 Å². The quantitative estimate of drug-likeness (QED) is 0.314. The van der Waals surface area contributed by atoms with Crippen molar-refractivity contribution in [2.45, 2.75) is 29.8 Å². The van der Waals surface area contributed by atoms with Crippen molar-refractivity contribution in [3.8, 4) is 0 Å². The van der Waals surface area contributed by atoms with Crippen molar-refractivity contribution >= 4 is 28.6 Å². The van der Waals surface area contributed by atoms with Crippen LogP contribution in [-0.4, -0.2) is 15.5 Å². The first-order valence-electron chi connectivity index (χ1n) is 3.51. The van der Waals surface area contributed by atoms with E-state index in [1.807, 2.05) is 13.8 Å². The normalized spacial score (nSPS) is 33.7. The summed E-state index contributed by atoms with van der Waals surface area (Å²) in [6, 6.07) is 0. The Morgan fingerprint density at radius 3 is 2.55 bits per heavy atom. The Bertz CT molecular complexity index is 192. The average Bonchev–Trinajstić information content (AvgIpc) is 2.09. The molecule has 1 aliphatic heterocycles. The smallest absolute Gasteiger partial charge is 0.334 e. The first-order valence-corrected chi connectivity index (χ1v) is 4.75. The number of halogens is 1. The highest BCUT2D eigenvalue weighted by Gasteiger charge is 2.41. The minimum atomic E-state index is -0.325. The van der Waals surface area contributed by atoms with Gasteiger partial charge in [-0.2, -0.15) is 0 Å². The summed E-state index contributed by atoms with van der Waals surface area (Å²) in [5, 5.41) is 0. The summed E-state index contributed by atoms with van der Waals surface area (Å²) in [5.74, 6) is -0.240. The van der Waals surface area contributed by atoms with Gasteiger partial charge in [-0.15, -0.1) is 0 Å². The lowest BCUT2D eigenvalue weighted by Crippen LogP contribution is -2.32. The summed E-state index contributed by atoms with van der Waals surface area (Å²) in [4.78, 5) is 11.0. The predicted molar refractivity (Wildman–Crippen MR) is 51.7 cm³/mol. The fourth-order valence-electron chi connectivity index (χ4n) is 1.04. The number of hydrogen-bond acceptors (Lipinski definition) is 2. The summed E-state index contributed by atoms with van der Waals surface area (Å²) < 4.78 is 5.50. The fraction of sp³-hybridized carbons (Fsp3) is 0.625. The molecule has 0 saturated carbocycles. The van der Waals surface area contributed by atoms with E-state index in [1.165, 1.54) is 0 Å². The number of alkyl halides is 1. The maximum atomic E-state index is 11.0. The van der Waals surface area contributed by atoms with Gasteiger partial charge in [-0.1, -0.05) is 29.2 Å². The van der Waals surface area contributed by atoms with Crippen LogP contribution in [0.5, 0.6) is 0 Å². The highest BCUT2D eigenvalue weighted by atomic mass is 127. The standard InChI is InChI=1S/C8H11IO2/c1-5-4-8(3,6(2)9)11-7(5)10/h6H,1,4H2,2-3H3. The number of carbonyl (C=O) groups excluding carboxylic acids is 1. The van der Waals surface area contributed by atoms with Gasteiger partial charge in [-0.25, -0.2) is 4.79 Å². The van der Waals surface area contributed by atoms with Gasteiger partial charge in [0.1, 0.15) is 5.60 Å². The Kier molecular flexibility index (Phi) is 2.27. The second-order valence-corrected chi connectivity index (χ2v) is 4.97. The molecule has 0 bridgehead atoms. The van der Waals surface area contributed by atoms with E-state index in [1.54, 1.807) is 0 Å². The van der Waals surface area contributed by atoms with Crippen LogP contribution in [0.1, 0.15) is 20.3 Å². The molecule has 1 rings (SSSR count). The number of rotatable bonds is 1. The summed E-state index contributed by atoms with van der Waals surface area (Å²) in [7, 11) is 0. The minimum Gasteiger partial charge on any atom is -0.455 e. The highest BCUT2D eigenvalue weighted by Crippen LogP contribution is 2.35. The van der Waals surface area contributed by atoms with Gasteiger partial charge in [-0.05, 0) is 13.8 Å². The molecule has 0 aromatic rings. The first kappa shape index (κ1) is 9.03. The third kappa shape index (κ3) is 1.58. The van der Waals surface area contributed by atoms with Gasteiger partial charge < -0.3 is 4.74 Å². The number of hydrogen-bond donors (Lipinski definition) is 0. The van der Waals surface area contributed by atoms with E-state index >= 15 is 0 Å². The van der Waals surface area contributed by atoms with Crippen molar-refractivity contribution in [3.63, 3.8) is 0 Å². The summed E-state index contributed by atoms with van der Waals surface area (Å²) in [5.41, 5.74) is 0.269. The minimum absolute atomic E-state index is 0.240. The molecule has 0 aliphatic carbocycles. The summed E-state index contributed by atoms with van der Waals surface area (Å²) in [6.45, 7) is 7.61. The van der Waals surface area contributed by atoms with E-state index in [-0.39, 0.29) is 11.6 Å². The van der Waals surface area contributed by atoms with Gasteiger partial charge in [0, 0.05) is 15.9 Å². The molecule has 0 aromatic heterocycles. The molecular weight excluding hydrogens is 255 g/mol. The van der Waals surface area contributed by atoms with Gasteiger partial charge in [0.05, 0.1) is 0 Å². The van der Waals surface area contributed by atoms with E-state index < -0.39 is 0 Å². The van der Waals surface area contributed by atoms with Crippen LogP contribution in [0, 0.1) is 0 Å². The maximum absolute atomic E-state index is 11.0. The number of ether oxygens (including phenoxy) is 1. The van der Waals surface area contributed by atoms with Gasteiger partial charge in [0.25, 0.3) is 0 Å². The van der Waals surface area contributed by atoms with Crippen LogP contribution in [0.2, 0.25) is 0 Å². The molecule has 1 heterocycles. The lowest BCUT2D eigenvalue weighted by Gasteiger charge is -2.24. The Morgan fingerprint density at radius 2 is 2.36 bits per heavy atom. The number of carbonyl (C=O) groups is 1. The van der Waals surface area contributed by atoms with E-state index in [0.717, 1.165) is 0 Å². The molecule has 0 spiro atoms. The van der Waals surface area contributed by atoms with E-state index in [0.29, 0.717) is 15.9 Å². The van der Waals surface area contributed by atoms with Crippen LogP contribution < -0.4 is 0 Å². The largest absolute Gasteiger partial charge is 0.455 e. The third-order valence-corrected chi connectivity index (χ3v) is 3.34. The van der Waals surface area contributed by atoms with Crippen LogP contribution in [0.25, 0.3) is 0 Å². The molecule has 2 nitrogen and oxygen atoms in total. The van der Waals surface area contributed by atoms with Crippen molar-refractivity contribution in [1.82, 2.24) is 0 Å². The average molecular weight is 266 g/mol. The SMILES string of the molecule is C=C1CC(C)(C(C)I)OC1=O. The highest BCUT2D eigenvalue weighted by molar-refractivity contribution is 14.1. The van der Waals surface area contributed by atoms with Crippen LogP contribution in [0.4, 0.5) is 0 Å². The Hall–Kier alpha value is -0.0600. The lowest BCUT2D eigenvalue weighted by molar-refractivity contribution is -0.144. The molecule has 11 heavy (non-hydrogen) atoms. The first-order chi connectivity index (χ1) is 4.96. The van der Waals surface area contributed by atoms with Crippen molar-refractivity contribution in [2.75, 3.05) is 0 Å². The Morgan fingerprint density at radius 1 is 1.82 bits per heavy atom. The van der Waals surface area contributed by atoms with Gasteiger partial charge in [-0.3, -0.25) is 0 Å². The van der Waals surface area contributed by atoms with E-state index in [9.17, 15) is 4.79 Å². The molecule has 1 fully saturated rings. The van der Waals surface area contributed by atoms with Crippen molar-refractivity contribution < 1.29 is 9.53 Å². The molecule has 2 unspecified atom stereocenters. The zero-order valence-electron chi connectivity index (χ0n) is 6.69. The fourth-order valence-corrected chi connectivity index (χ4v) is 1.39. The Labute approximate surface area is 80.1 Å². The van der Waals surface area contributed by atoms with Crippen molar-refractivity contribution in [2.24, 2.45) is 0 Å². The summed E-state index contributed by atoms with van der Waals surface area (Å²) in [6.07, 6.45) is 0.663.